The third kappa shape index (κ3) is 7.05. The van der Waals surface area contributed by atoms with E-state index in [0.717, 1.165) is 26.1 Å². The summed E-state index contributed by atoms with van der Waals surface area (Å²) in [6, 6.07) is 6.74. The summed E-state index contributed by atoms with van der Waals surface area (Å²) in [5, 5.41) is 3.46. The maximum atomic E-state index is 11.9. The summed E-state index contributed by atoms with van der Waals surface area (Å²) in [5.41, 5.74) is 0.596. The molecule has 0 bridgehead atoms. The Bertz CT molecular complexity index is 470. The van der Waals surface area contributed by atoms with Crippen molar-refractivity contribution in [2.75, 3.05) is 26.2 Å². The summed E-state index contributed by atoms with van der Waals surface area (Å²) in [7, 11) is 0. The number of nitrogens with one attached hydrogen (secondary N) is 1. The van der Waals surface area contributed by atoms with E-state index in [2.05, 4.69) is 24.1 Å². The molecular formula is C17H25ClN2O2. The molecule has 0 unspecified atom stereocenters. The average molecular weight is 325 g/mol. The number of carbonyl (C=O) groups is 2. The lowest BCUT2D eigenvalue weighted by Crippen LogP contribution is -2.30. The first-order valence-electron chi connectivity index (χ1n) is 7.84. The number of Topliss-reactive ketones (excluding diaryl/α,β-unsaturated/α-hetero) is 1. The van der Waals surface area contributed by atoms with Crippen LogP contribution in [0.15, 0.2) is 24.3 Å². The van der Waals surface area contributed by atoms with E-state index in [1.54, 1.807) is 24.3 Å². The van der Waals surface area contributed by atoms with Gasteiger partial charge in [0.1, 0.15) is 0 Å². The first kappa shape index (κ1) is 18.7. The second-order valence-electron chi connectivity index (χ2n) is 5.16. The molecule has 0 aromatic heterocycles. The lowest BCUT2D eigenvalue weighted by atomic mass is 10.1. The number of ketones is 1. The van der Waals surface area contributed by atoms with Gasteiger partial charge in [-0.3, -0.25) is 9.59 Å². The molecule has 0 saturated carbocycles. The molecule has 22 heavy (non-hydrogen) atoms. The summed E-state index contributed by atoms with van der Waals surface area (Å²) >= 11 is 5.78. The number of halogens is 1. The second kappa shape index (κ2) is 10.4. The van der Waals surface area contributed by atoms with Crippen molar-refractivity contribution < 1.29 is 9.59 Å². The van der Waals surface area contributed by atoms with Gasteiger partial charge in [0, 0.05) is 30.0 Å². The molecule has 1 aromatic rings. The van der Waals surface area contributed by atoms with Crippen molar-refractivity contribution in [3.63, 3.8) is 0 Å². The number of rotatable bonds is 10. The molecule has 0 fully saturated rings. The quantitative estimate of drug-likeness (QED) is 0.531. The SMILES string of the molecule is CCN(CC)CCCNC(=O)CCC(=O)c1ccc(Cl)cc1. The van der Waals surface area contributed by atoms with Crippen LogP contribution in [0.1, 0.15) is 43.5 Å². The third-order valence-corrected chi connectivity index (χ3v) is 3.87. The standard InChI is InChI=1S/C17H25ClN2O2/c1-3-20(4-2)13-5-12-19-17(22)11-10-16(21)14-6-8-15(18)9-7-14/h6-9H,3-5,10-13H2,1-2H3,(H,19,22). The number of nitrogens with zero attached hydrogens (tertiary/aromatic N) is 1. The van der Waals surface area contributed by atoms with Crippen LogP contribution in [0.2, 0.25) is 5.02 Å². The Morgan fingerprint density at radius 1 is 1.09 bits per heavy atom. The fraction of sp³-hybridized carbons (Fsp3) is 0.529. The van der Waals surface area contributed by atoms with Crippen LogP contribution in [0.3, 0.4) is 0 Å². The van der Waals surface area contributed by atoms with Gasteiger partial charge in [-0.25, -0.2) is 0 Å². The van der Waals surface area contributed by atoms with Crippen molar-refractivity contribution >= 4 is 23.3 Å². The Balaban J connectivity index is 2.20. The molecule has 1 rings (SSSR count). The van der Waals surface area contributed by atoms with Crippen LogP contribution in [0, 0.1) is 0 Å². The fourth-order valence-electron chi connectivity index (χ4n) is 2.17. The van der Waals surface area contributed by atoms with Crippen molar-refractivity contribution in [2.24, 2.45) is 0 Å². The van der Waals surface area contributed by atoms with Crippen molar-refractivity contribution in [2.45, 2.75) is 33.1 Å². The van der Waals surface area contributed by atoms with Crippen LogP contribution < -0.4 is 5.32 Å². The van der Waals surface area contributed by atoms with Gasteiger partial charge in [-0.1, -0.05) is 25.4 Å². The van der Waals surface area contributed by atoms with Gasteiger partial charge in [-0.05, 0) is 50.3 Å². The minimum absolute atomic E-state index is 0.0324. The molecule has 0 aliphatic heterocycles. The smallest absolute Gasteiger partial charge is 0.220 e. The summed E-state index contributed by atoms with van der Waals surface area (Å²) in [6.45, 7) is 7.95. The highest BCUT2D eigenvalue weighted by molar-refractivity contribution is 6.30. The monoisotopic (exact) mass is 324 g/mol. The Morgan fingerprint density at radius 2 is 1.73 bits per heavy atom. The van der Waals surface area contributed by atoms with E-state index in [1.807, 2.05) is 0 Å². The molecule has 0 aliphatic rings. The Hall–Kier alpha value is -1.39. The highest BCUT2D eigenvalue weighted by Crippen LogP contribution is 2.11. The van der Waals surface area contributed by atoms with Crippen molar-refractivity contribution in [1.82, 2.24) is 10.2 Å². The number of amides is 1. The second-order valence-corrected chi connectivity index (χ2v) is 5.60. The molecular weight excluding hydrogens is 300 g/mol. The summed E-state index contributed by atoms with van der Waals surface area (Å²) in [4.78, 5) is 26.0. The first-order chi connectivity index (χ1) is 10.6. The Labute approximate surface area is 137 Å². The molecule has 1 amide bonds. The first-order valence-corrected chi connectivity index (χ1v) is 8.22. The van der Waals surface area contributed by atoms with Crippen LogP contribution in [0.25, 0.3) is 0 Å². The van der Waals surface area contributed by atoms with Gasteiger partial charge < -0.3 is 10.2 Å². The lowest BCUT2D eigenvalue weighted by molar-refractivity contribution is -0.121. The predicted molar refractivity (Wildman–Crippen MR) is 90.4 cm³/mol. The van der Waals surface area contributed by atoms with Crippen LogP contribution in [0.4, 0.5) is 0 Å². The van der Waals surface area contributed by atoms with Gasteiger partial charge in [0.05, 0.1) is 0 Å². The van der Waals surface area contributed by atoms with E-state index in [4.69, 9.17) is 11.6 Å². The molecule has 1 aromatic carbocycles. The van der Waals surface area contributed by atoms with Gasteiger partial charge in [0.25, 0.3) is 0 Å². The topological polar surface area (TPSA) is 49.4 Å². The zero-order chi connectivity index (χ0) is 16.4. The van der Waals surface area contributed by atoms with Crippen molar-refractivity contribution in [1.29, 1.82) is 0 Å². The number of benzene rings is 1. The fourth-order valence-corrected chi connectivity index (χ4v) is 2.29. The minimum Gasteiger partial charge on any atom is -0.356 e. The summed E-state index contributed by atoms with van der Waals surface area (Å²) in [5.74, 6) is -0.100. The molecule has 122 valence electrons. The van der Waals surface area contributed by atoms with Crippen LogP contribution in [-0.4, -0.2) is 42.8 Å². The molecule has 0 radical (unpaired) electrons. The molecule has 0 spiro atoms. The van der Waals surface area contributed by atoms with Gasteiger partial charge in [-0.2, -0.15) is 0 Å². The zero-order valence-electron chi connectivity index (χ0n) is 13.4. The van der Waals surface area contributed by atoms with Crippen molar-refractivity contribution in [3.8, 4) is 0 Å². The molecule has 0 saturated heterocycles. The molecule has 5 heteroatoms. The van der Waals surface area contributed by atoms with E-state index in [1.165, 1.54) is 0 Å². The Morgan fingerprint density at radius 3 is 2.32 bits per heavy atom. The highest BCUT2D eigenvalue weighted by Gasteiger charge is 2.09. The lowest BCUT2D eigenvalue weighted by Gasteiger charge is -2.17. The third-order valence-electron chi connectivity index (χ3n) is 3.61. The van der Waals surface area contributed by atoms with E-state index in [-0.39, 0.29) is 24.5 Å². The van der Waals surface area contributed by atoms with E-state index < -0.39 is 0 Å². The molecule has 0 atom stereocenters. The maximum absolute atomic E-state index is 11.9. The van der Waals surface area contributed by atoms with Gasteiger partial charge in [0.15, 0.2) is 5.78 Å². The molecule has 0 aliphatic carbocycles. The van der Waals surface area contributed by atoms with E-state index in [9.17, 15) is 9.59 Å². The van der Waals surface area contributed by atoms with Crippen LogP contribution in [0.5, 0.6) is 0 Å². The number of carbonyl (C=O) groups excluding carboxylic acids is 2. The Kier molecular flexibility index (Phi) is 8.78. The molecule has 4 nitrogen and oxygen atoms in total. The average Bonchev–Trinajstić information content (AvgIpc) is 2.53. The maximum Gasteiger partial charge on any atom is 0.220 e. The van der Waals surface area contributed by atoms with Crippen molar-refractivity contribution in [3.05, 3.63) is 34.9 Å². The highest BCUT2D eigenvalue weighted by atomic mass is 35.5. The predicted octanol–water partition coefficient (Wildman–Crippen LogP) is 3.15. The minimum atomic E-state index is -0.0677. The number of hydrogen-bond donors (Lipinski definition) is 1. The molecule has 1 N–H and O–H groups in total. The van der Waals surface area contributed by atoms with Gasteiger partial charge in [-0.15, -0.1) is 0 Å². The normalized spacial score (nSPS) is 10.7. The van der Waals surface area contributed by atoms with Crippen LogP contribution in [-0.2, 0) is 4.79 Å². The summed E-state index contributed by atoms with van der Waals surface area (Å²) < 4.78 is 0. The van der Waals surface area contributed by atoms with Crippen LogP contribution >= 0.6 is 11.6 Å². The largest absolute Gasteiger partial charge is 0.356 e. The van der Waals surface area contributed by atoms with Gasteiger partial charge >= 0.3 is 0 Å². The zero-order valence-corrected chi connectivity index (χ0v) is 14.2. The summed E-state index contributed by atoms with van der Waals surface area (Å²) in [6.07, 6.45) is 1.38. The van der Waals surface area contributed by atoms with Gasteiger partial charge in [0.2, 0.25) is 5.91 Å². The van der Waals surface area contributed by atoms with E-state index in [0.29, 0.717) is 17.1 Å². The van der Waals surface area contributed by atoms with E-state index >= 15 is 0 Å². The number of hydrogen-bond acceptors (Lipinski definition) is 3. The molecule has 0 heterocycles.